The minimum atomic E-state index is -0.0285. The largest absolute Gasteiger partial charge is 0.311 e. The van der Waals surface area contributed by atoms with Gasteiger partial charge >= 0.3 is 0 Å². The number of hydrogen-bond acceptors (Lipinski definition) is 2. The van der Waals surface area contributed by atoms with Crippen molar-refractivity contribution in [3.05, 3.63) is 224 Å². The Labute approximate surface area is 360 Å². The molecule has 3 heteroatoms. The lowest BCUT2D eigenvalue weighted by atomic mass is 9.33. The zero-order valence-corrected chi connectivity index (χ0v) is 34.8. The van der Waals surface area contributed by atoms with E-state index in [0.717, 1.165) is 11.4 Å². The van der Waals surface area contributed by atoms with E-state index in [9.17, 15) is 0 Å². The molecule has 0 amide bonds. The molecular weight excluding hydrogens is 735 g/mol. The van der Waals surface area contributed by atoms with E-state index in [-0.39, 0.29) is 12.1 Å². The Morgan fingerprint density at radius 2 is 0.689 bits per heavy atom. The standard InChI is InChI=1S/C58H45BN2/c1-58(2,3)48-31-32-54-52(39-48)59-51-27-16-17-28-53(51)60(49-35-44(40-19-8-4-9-20-40)33-45(36-49)41-21-10-5-11-22-41)55-29-18-30-56(57(55)59)61(54)50-37-46(42-23-12-6-13-24-42)34-47(38-50)43-25-14-7-15-26-43/h4-39H,1-3H3. The monoisotopic (exact) mass is 780 g/mol. The van der Waals surface area contributed by atoms with E-state index in [1.54, 1.807) is 0 Å². The van der Waals surface area contributed by atoms with Crippen LogP contribution in [0.25, 0.3) is 44.5 Å². The summed E-state index contributed by atoms with van der Waals surface area (Å²) in [6, 6.07) is 80.6. The van der Waals surface area contributed by atoms with Crippen LogP contribution in [0.4, 0.5) is 34.1 Å². The first-order valence-corrected chi connectivity index (χ1v) is 21.4. The highest BCUT2D eigenvalue weighted by Gasteiger charge is 2.43. The van der Waals surface area contributed by atoms with Crippen LogP contribution in [0.2, 0.25) is 0 Å². The second kappa shape index (κ2) is 14.7. The van der Waals surface area contributed by atoms with Gasteiger partial charge in [0.2, 0.25) is 0 Å². The minimum absolute atomic E-state index is 0.0285. The Morgan fingerprint density at radius 3 is 1.11 bits per heavy atom. The number of hydrogen-bond donors (Lipinski definition) is 0. The van der Waals surface area contributed by atoms with Gasteiger partial charge in [0.1, 0.15) is 0 Å². The van der Waals surface area contributed by atoms with Crippen LogP contribution >= 0.6 is 0 Å². The van der Waals surface area contributed by atoms with Gasteiger partial charge in [-0.1, -0.05) is 178 Å². The molecule has 2 aliphatic heterocycles. The topological polar surface area (TPSA) is 6.48 Å². The van der Waals surface area contributed by atoms with Gasteiger partial charge in [0.05, 0.1) is 0 Å². The van der Waals surface area contributed by atoms with Crippen molar-refractivity contribution in [3.8, 4) is 44.5 Å². The summed E-state index contributed by atoms with van der Waals surface area (Å²) in [5.74, 6) is 0. The minimum Gasteiger partial charge on any atom is -0.311 e. The molecule has 2 nitrogen and oxygen atoms in total. The van der Waals surface area contributed by atoms with Gasteiger partial charge < -0.3 is 9.80 Å². The van der Waals surface area contributed by atoms with E-state index in [1.807, 2.05) is 0 Å². The smallest absolute Gasteiger partial charge is 0.252 e. The van der Waals surface area contributed by atoms with Gasteiger partial charge in [0.15, 0.2) is 0 Å². The quantitative estimate of drug-likeness (QED) is 0.155. The maximum absolute atomic E-state index is 2.54. The van der Waals surface area contributed by atoms with E-state index >= 15 is 0 Å². The third kappa shape index (κ3) is 6.45. The van der Waals surface area contributed by atoms with E-state index < -0.39 is 0 Å². The second-order valence-corrected chi connectivity index (χ2v) is 17.4. The van der Waals surface area contributed by atoms with Gasteiger partial charge in [-0.05, 0) is 133 Å². The third-order valence-electron chi connectivity index (χ3n) is 12.5. The molecule has 0 radical (unpaired) electrons. The van der Waals surface area contributed by atoms with Crippen LogP contribution in [-0.4, -0.2) is 6.71 Å². The van der Waals surface area contributed by atoms with Crippen LogP contribution in [0.15, 0.2) is 218 Å². The molecule has 0 fully saturated rings. The van der Waals surface area contributed by atoms with Gasteiger partial charge in [-0.15, -0.1) is 0 Å². The van der Waals surface area contributed by atoms with Crippen LogP contribution in [0.3, 0.4) is 0 Å². The van der Waals surface area contributed by atoms with Crippen molar-refractivity contribution < 1.29 is 0 Å². The van der Waals surface area contributed by atoms with Crippen LogP contribution in [0, 0.1) is 0 Å². The Kier molecular flexibility index (Phi) is 8.86. The zero-order chi connectivity index (χ0) is 41.1. The summed E-state index contributed by atoms with van der Waals surface area (Å²) in [6.07, 6.45) is 0. The molecule has 9 aromatic rings. The van der Waals surface area contributed by atoms with Gasteiger partial charge in [-0.25, -0.2) is 0 Å². The van der Waals surface area contributed by atoms with Crippen molar-refractivity contribution >= 4 is 57.2 Å². The average Bonchev–Trinajstić information content (AvgIpc) is 3.32. The van der Waals surface area contributed by atoms with Crippen LogP contribution in [-0.2, 0) is 5.41 Å². The van der Waals surface area contributed by atoms with Crippen LogP contribution in [0.5, 0.6) is 0 Å². The molecule has 11 rings (SSSR count). The zero-order valence-electron chi connectivity index (χ0n) is 34.8. The fourth-order valence-corrected chi connectivity index (χ4v) is 9.58. The van der Waals surface area contributed by atoms with Crippen molar-refractivity contribution in [1.29, 1.82) is 0 Å². The first kappa shape index (κ1) is 36.7. The molecule has 0 spiro atoms. The first-order valence-electron chi connectivity index (χ1n) is 21.4. The predicted octanol–water partition coefficient (Wildman–Crippen LogP) is 13.7. The maximum Gasteiger partial charge on any atom is 0.252 e. The number of benzene rings is 9. The lowest BCUT2D eigenvalue weighted by Crippen LogP contribution is -2.61. The molecule has 0 saturated heterocycles. The molecule has 290 valence electrons. The fourth-order valence-electron chi connectivity index (χ4n) is 9.58. The molecule has 61 heavy (non-hydrogen) atoms. The highest BCUT2D eigenvalue weighted by molar-refractivity contribution is 7.00. The lowest BCUT2D eigenvalue weighted by Gasteiger charge is -2.44. The summed E-state index contributed by atoms with van der Waals surface area (Å²) in [6.45, 7) is 7.00. The molecule has 0 atom stereocenters. The SMILES string of the molecule is CC(C)(C)c1ccc2c(c1)B1c3ccccc3N(c3cc(-c4ccccc4)cc(-c4ccccc4)c3)c3cccc(c31)N2c1cc(-c2ccccc2)cc(-c2ccccc2)c1. The van der Waals surface area contributed by atoms with Gasteiger partial charge in [0.25, 0.3) is 6.71 Å². The summed E-state index contributed by atoms with van der Waals surface area (Å²) in [4.78, 5) is 5.06. The Bertz CT molecular complexity index is 2930. The van der Waals surface area contributed by atoms with Crippen molar-refractivity contribution in [1.82, 2.24) is 0 Å². The molecule has 9 aromatic carbocycles. The van der Waals surface area contributed by atoms with Crippen molar-refractivity contribution in [2.24, 2.45) is 0 Å². The van der Waals surface area contributed by atoms with E-state index in [2.05, 4.69) is 249 Å². The molecule has 2 heterocycles. The summed E-state index contributed by atoms with van der Waals surface area (Å²) in [5.41, 5.74) is 21.9. The highest BCUT2D eigenvalue weighted by Crippen LogP contribution is 2.47. The summed E-state index contributed by atoms with van der Waals surface area (Å²) in [7, 11) is 0. The fraction of sp³-hybridized carbons (Fsp3) is 0.0690. The highest BCUT2D eigenvalue weighted by atomic mass is 15.2. The first-order chi connectivity index (χ1) is 29.9. The maximum atomic E-state index is 2.54. The number of anilines is 6. The molecular formula is C58H45BN2. The number of nitrogens with zero attached hydrogens (tertiary/aromatic N) is 2. The van der Waals surface area contributed by atoms with E-state index in [1.165, 1.54) is 89.2 Å². The van der Waals surface area contributed by atoms with E-state index in [4.69, 9.17) is 0 Å². The Hall–Kier alpha value is -7.36. The third-order valence-corrected chi connectivity index (χ3v) is 12.5. The van der Waals surface area contributed by atoms with Gasteiger partial charge in [-0.3, -0.25) is 0 Å². The molecule has 0 saturated carbocycles. The normalized spacial score (nSPS) is 12.7. The Morgan fingerprint density at radius 1 is 0.311 bits per heavy atom. The number of para-hydroxylation sites is 1. The molecule has 0 unspecified atom stereocenters. The second-order valence-electron chi connectivity index (χ2n) is 17.4. The molecule has 2 aliphatic rings. The summed E-state index contributed by atoms with van der Waals surface area (Å²) >= 11 is 0. The van der Waals surface area contributed by atoms with E-state index in [0.29, 0.717) is 0 Å². The average molecular weight is 781 g/mol. The van der Waals surface area contributed by atoms with Crippen molar-refractivity contribution in [2.75, 3.05) is 9.80 Å². The molecule has 0 aliphatic carbocycles. The lowest BCUT2D eigenvalue weighted by molar-refractivity contribution is 0.591. The number of fused-ring (bicyclic) bond motifs is 4. The molecule has 0 N–H and O–H groups in total. The molecule has 0 aromatic heterocycles. The number of rotatable bonds is 6. The van der Waals surface area contributed by atoms with Crippen LogP contribution in [0.1, 0.15) is 26.3 Å². The van der Waals surface area contributed by atoms with Gasteiger partial charge in [0, 0.05) is 34.1 Å². The van der Waals surface area contributed by atoms with Gasteiger partial charge in [-0.2, -0.15) is 0 Å². The predicted molar refractivity (Wildman–Crippen MR) is 261 cm³/mol. The molecule has 0 bridgehead atoms. The van der Waals surface area contributed by atoms with Crippen molar-refractivity contribution in [2.45, 2.75) is 26.2 Å². The summed E-state index contributed by atoms with van der Waals surface area (Å²) in [5, 5.41) is 0. The van der Waals surface area contributed by atoms with Crippen LogP contribution < -0.4 is 26.2 Å². The van der Waals surface area contributed by atoms with Crippen molar-refractivity contribution in [3.63, 3.8) is 0 Å². The Balaban J connectivity index is 1.19. The summed E-state index contributed by atoms with van der Waals surface area (Å²) < 4.78 is 0.